The number of nitrogens with two attached hydrogens (primary N) is 2. The molecule has 1 aromatic carbocycles. The summed E-state index contributed by atoms with van der Waals surface area (Å²) in [4.78, 5) is 11.1. The molecule has 1 aliphatic carbocycles. The summed E-state index contributed by atoms with van der Waals surface area (Å²) in [5.74, 6) is -0.426. The van der Waals surface area contributed by atoms with Crippen LogP contribution in [-0.4, -0.2) is 11.4 Å². The fourth-order valence-corrected chi connectivity index (χ4v) is 2.42. The number of amides is 1. The van der Waals surface area contributed by atoms with Gasteiger partial charge in [-0.15, -0.1) is 0 Å². The van der Waals surface area contributed by atoms with Gasteiger partial charge in [-0.25, -0.2) is 0 Å². The minimum atomic E-state index is -0.426. The van der Waals surface area contributed by atoms with Crippen molar-refractivity contribution >= 4 is 17.3 Å². The molecule has 1 aromatic rings. The molecular formula is C13H19N3O. The first-order chi connectivity index (χ1) is 8.00. The average Bonchev–Trinajstić information content (AvgIpc) is 2.68. The molecule has 5 N–H and O–H groups in total. The molecule has 0 unspecified atom stereocenters. The van der Waals surface area contributed by atoms with Crippen molar-refractivity contribution in [2.45, 2.75) is 38.1 Å². The monoisotopic (exact) mass is 233 g/mol. The third-order valence-corrected chi connectivity index (χ3v) is 3.48. The van der Waals surface area contributed by atoms with Crippen LogP contribution in [0.1, 0.15) is 43.0 Å². The van der Waals surface area contributed by atoms with Gasteiger partial charge in [-0.05, 0) is 38.0 Å². The Hall–Kier alpha value is -1.71. The summed E-state index contributed by atoms with van der Waals surface area (Å²) < 4.78 is 0. The Kier molecular flexibility index (Phi) is 2.96. The lowest BCUT2D eigenvalue weighted by Crippen LogP contribution is -2.31. The van der Waals surface area contributed by atoms with Gasteiger partial charge in [-0.3, -0.25) is 4.79 Å². The fourth-order valence-electron chi connectivity index (χ4n) is 2.42. The number of hydrogen-bond donors (Lipinski definition) is 3. The number of carbonyl (C=O) groups excluding carboxylic acids is 1. The number of carbonyl (C=O) groups is 1. The molecule has 2 rings (SSSR count). The van der Waals surface area contributed by atoms with Gasteiger partial charge in [0.15, 0.2) is 0 Å². The van der Waals surface area contributed by atoms with E-state index in [1.807, 2.05) is 0 Å². The van der Waals surface area contributed by atoms with Gasteiger partial charge in [0.2, 0.25) is 5.91 Å². The molecule has 1 aliphatic rings. The Labute approximate surface area is 101 Å². The van der Waals surface area contributed by atoms with Crippen molar-refractivity contribution in [2.75, 3.05) is 11.1 Å². The van der Waals surface area contributed by atoms with E-state index in [-0.39, 0.29) is 5.54 Å². The Balaban J connectivity index is 2.25. The van der Waals surface area contributed by atoms with Crippen LogP contribution >= 0.6 is 0 Å². The van der Waals surface area contributed by atoms with E-state index in [0.29, 0.717) is 11.3 Å². The summed E-state index contributed by atoms with van der Waals surface area (Å²) in [5, 5.41) is 3.45. The summed E-state index contributed by atoms with van der Waals surface area (Å²) in [5.41, 5.74) is 13.2. The average molecular weight is 233 g/mol. The molecule has 0 atom stereocenters. The SMILES string of the molecule is CC1(Nc2cc(C(N)=O)ccc2N)CCCC1. The van der Waals surface area contributed by atoms with Crippen molar-refractivity contribution in [3.63, 3.8) is 0 Å². The predicted octanol–water partition coefficient (Wildman–Crippen LogP) is 2.11. The molecule has 92 valence electrons. The molecule has 17 heavy (non-hydrogen) atoms. The van der Waals surface area contributed by atoms with E-state index >= 15 is 0 Å². The van der Waals surface area contributed by atoms with Crippen molar-refractivity contribution in [3.05, 3.63) is 23.8 Å². The van der Waals surface area contributed by atoms with Gasteiger partial charge in [-0.1, -0.05) is 12.8 Å². The zero-order valence-corrected chi connectivity index (χ0v) is 10.1. The van der Waals surface area contributed by atoms with Crippen LogP contribution in [0.25, 0.3) is 0 Å². The van der Waals surface area contributed by atoms with Crippen LogP contribution in [0.4, 0.5) is 11.4 Å². The van der Waals surface area contributed by atoms with Gasteiger partial charge in [-0.2, -0.15) is 0 Å². The van der Waals surface area contributed by atoms with Crippen molar-refractivity contribution in [1.82, 2.24) is 0 Å². The van der Waals surface area contributed by atoms with Gasteiger partial charge >= 0.3 is 0 Å². The highest BCUT2D eigenvalue weighted by Gasteiger charge is 2.28. The standard InChI is InChI=1S/C13H19N3O/c1-13(6-2-3-7-13)16-11-8-9(12(15)17)4-5-10(11)14/h4-5,8,16H,2-3,6-7,14H2,1H3,(H2,15,17). The largest absolute Gasteiger partial charge is 0.397 e. The number of primary amides is 1. The third-order valence-electron chi connectivity index (χ3n) is 3.48. The Morgan fingerprint density at radius 3 is 2.59 bits per heavy atom. The first-order valence-electron chi connectivity index (χ1n) is 5.98. The molecule has 0 aromatic heterocycles. The summed E-state index contributed by atoms with van der Waals surface area (Å²) in [7, 11) is 0. The van der Waals surface area contributed by atoms with E-state index < -0.39 is 5.91 Å². The topological polar surface area (TPSA) is 81.1 Å². The Morgan fingerprint density at radius 2 is 2.00 bits per heavy atom. The van der Waals surface area contributed by atoms with Crippen LogP contribution in [0.2, 0.25) is 0 Å². The molecule has 4 nitrogen and oxygen atoms in total. The van der Waals surface area contributed by atoms with Crippen molar-refractivity contribution < 1.29 is 4.79 Å². The third kappa shape index (κ3) is 2.52. The van der Waals surface area contributed by atoms with Crippen LogP contribution in [0.5, 0.6) is 0 Å². The molecule has 0 bridgehead atoms. The number of benzene rings is 1. The molecule has 0 heterocycles. The zero-order chi connectivity index (χ0) is 12.5. The lowest BCUT2D eigenvalue weighted by atomic mass is 9.99. The first kappa shape index (κ1) is 11.8. The normalized spacial score (nSPS) is 17.9. The molecule has 0 spiro atoms. The van der Waals surface area contributed by atoms with Gasteiger partial charge in [0.05, 0.1) is 11.4 Å². The maximum Gasteiger partial charge on any atom is 0.248 e. The Bertz CT molecular complexity index is 436. The van der Waals surface area contributed by atoms with E-state index in [1.165, 1.54) is 12.8 Å². The highest BCUT2D eigenvalue weighted by molar-refractivity contribution is 5.95. The molecular weight excluding hydrogens is 214 g/mol. The number of nitrogen functional groups attached to an aromatic ring is 1. The molecule has 4 heteroatoms. The number of rotatable bonds is 3. The summed E-state index contributed by atoms with van der Waals surface area (Å²) in [6, 6.07) is 5.11. The number of anilines is 2. The minimum Gasteiger partial charge on any atom is -0.397 e. The van der Waals surface area contributed by atoms with E-state index in [9.17, 15) is 4.79 Å². The Morgan fingerprint density at radius 1 is 1.35 bits per heavy atom. The maximum atomic E-state index is 11.1. The van der Waals surface area contributed by atoms with E-state index in [1.54, 1.807) is 18.2 Å². The van der Waals surface area contributed by atoms with Crippen LogP contribution < -0.4 is 16.8 Å². The molecule has 0 aliphatic heterocycles. The maximum absolute atomic E-state index is 11.1. The molecule has 0 saturated heterocycles. The number of nitrogens with one attached hydrogen (secondary N) is 1. The van der Waals surface area contributed by atoms with Crippen LogP contribution in [0.15, 0.2) is 18.2 Å². The smallest absolute Gasteiger partial charge is 0.248 e. The van der Waals surface area contributed by atoms with Gasteiger partial charge in [0.25, 0.3) is 0 Å². The second-order valence-corrected chi connectivity index (χ2v) is 5.06. The molecule has 1 amide bonds. The highest BCUT2D eigenvalue weighted by Crippen LogP contribution is 2.34. The molecule has 0 radical (unpaired) electrons. The van der Waals surface area contributed by atoms with Crippen LogP contribution in [0, 0.1) is 0 Å². The minimum absolute atomic E-state index is 0.0877. The first-order valence-corrected chi connectivity index (χ1v) is 5.98. The van der Waals surface area contributed by atoms with Crippen LogP contribution in [-0.2, 0) is 0 Å². The highest BCUT2D eigenvalue weighted by atomic mass is 16.1. The van der Waals surface area contributed by atoms with Gasteiger partial charge in [0, 0.05) is 11.1 Å². The lowest BCUT2D eigenvalue weighted by Gasteiger charge is -2.27. The summed E-state index contributed by atoms with van der Waals surface area (Å²) in [6.07, 6.45) is 4.73. The molecule has 1 fully saturated rings. The van der Waals surface area contributed by atoms with E-state index in [0.717, 1.165) is 18.5 Å². The summed E-state index contributed by atoms with van der Waals surface area (Å²) in [6.45, 7) is 2.19. The predicted molar refractivity (Wildman–Crippen MR) is 69.9 cm³/mol. The van der Waals surface area contributed by atoms with Crippen LogP contribution in [0.3, 0.4) is 0 Å². The second-order valence-electron chi connectivity index (χ2n) is 5.06. The van der Waals surface area contributed by atoms with E-state index in [2.05, 4.69) is 12.2 Å². The van der Waals surface area contributed by atoms with Crippen molar-refractivity contribution in [2.24, 2.45) is 5.73 Å². The fraction of sp³-hybridized carbons (Fsp3) is 0.462. The van der Waals surface area contributed by atoms with Gasteiger partial charge < -0.3 is 16.8 Å². The number of hydrogen-bond acceptors (Lipinski definition) is 3. The molecule has 1 saturated carbocycles. The quantitative estimate of drug-likeness (QED) is 0.699. The lowest BCUT2D eigenvalue weighted by molar-refractivity contribution is 0.100. The van der Waals surface area contributed by atoms with Gasteiger partial charge in [0.1, 0.15) is 0 Å². The summed E-state index contributed by atoms with van der Waals surface area (Å²) >= 11 is 0. The van der Waals surface area contributed by atoms with Crippen molar-refractivity contribution in [3.8, 4) is 0 Å². The van der Waals surface area contributed by atoms with Crippen molar-refractivity contribution in [1.29, 1.82) is 0 Å². The second kappa shape index (κ2) is 4.28. The van der Waals surface area contributed by atoms with E-state index in [4.69, 9.17) is 11.5 Å². The zero-order valence-electron chi connectivity index (χ0n) is 10.1.